The van der Waals surface area contributed by atoms with Crippen LogP contribution >= 0.6 is 0 Å². The van der Waals surface area contributed by atoms with E-state index in [1.54, 1.807) is 0 Å². The molecule has 0 bridgehead atoms. The fourth-order valence-corrected chi connectivity index (χ4v) is 3.13. The lowest BCUT2D eigenvalue weighted by Crippen LogP contribution is -2.34. The number of hydrogen-bond acceptors (Lipinski definition) is 6. The Morgan fingerprint density at radius 1 is 1.22 bits per heavy atom. The number of esters is 1. The van der Waals surface area contributed by atoms with Crippen LogP contribution in [0.5, 0.6) is 0 Å². The highest BCUT2D eigenvalue weighted by Crippen LogP contribution is 2.21. The summed E-state index contributed by atoms with van der Waals surface area (Å²) in [6.07, 6.45) is 4.02. The van der Waals surface area contributed by atoms with Crippen molar-refractivity contribution in [3.8, 4) is 0 Å². The van der Waals surface area contributed by atoms with Crippen molar-refractivity contribution in [1.82, 2.24) is 0 Å². The molecule has 0 aliphatic carbocycles. The van der Waals surface area contributed by atoms with Gasteiger partial charge in [0.15, 0.2) is 15.1 Å². The van der Waals surface area contributed by atoms with Gasteiger partial charge in [-0.3, -0.25) is 4.79 Å². The molecule has 0 amide bonds. The Morgan fingerprint density at radius 3 is 2.43 bits per heavy atom. The van der Waals surface area contributed by atoms with Crippen LogP contribution in [0, 0.1) is 0 Å². The Labute approximate surface area is 139 Å². The summed E-state index contributed by atoms with van der Waals surface area (Å²) in [6, 6.07) is 0. The second kappa shape index (κ2) is 12.2. The van der Waals surface area contributed by atoms with Crippen LogP contribution in [0.1, 0.15) is 38.5 Å². The van der Waals surface area contributed by atoms with Crippen LogP contribution in [0.3, 0.4) is 0 Å². The minimum absolute atomic E-state index is 0.143. The van der Waals surface area contributed by atoms with Crippen LogP contribution in [0.25, 0.3) is 0 Å². The van der Waals surface area contributed by atoms with Crippen LogP contribution in [-0.2, 0) is 28.3 Å². The second-order valence-electron chi connectivity index (χ2n) is 6.25. The number of rotatable bonds is 13. The van der Waals surface area contributed by atoms with Crippen molar-refractivity contribution in [3.63, 3.8) is 0 Å². The van der Waals surface area contributed by atoms with E-state index in [0.717, 1.165) is 25.5 Å². The van der Waals surface area contributed by atoms with E-state index in [-0.39, 0.29) is 18.8 Å². The third kappa shape index (κ3) is 11.9. The number of methoxy groups -OCH3 is 1. The molecule has 0 spiro atoms. The van der Waals surface area contributed by atoms with Gasteiger partial charge < -0.3 is 18.7 Å². The minimum atomic E-state index is -1.88. The summed E-state index contributed by atoms with van der Waals surface area (Å²) < 4.78 is 15.5. The van der Waals surface area contributed by atoms with Crippen molar-refractivity contribution >= 4 is 26.5 Å². The molecule has 0 fully saturated rings. The first-order valence-corrected chi connectivity index (χ1v) is 11.2. The summed E-state index contributed by atoms with van der Waals surface area (Å²) in [6.45, 7) is 5.93. The van der Waals surface area contributed by atoms with Crippen molar-refractivity contribution < 1.29 is 28.3 Å². The fraction of sp³-hybridized carbons (Fsp3) is 0.750. The Kier molecular flexibility index (Phi) is 11.5. The van der Waals surface area contributed by atoms with Crippen molar-refractivity contribution in [3.05, 3.63) is 5.57 Å². The lowest BCUT2D eigenvalue weighted by molar-refractivity contribution is -0.153. The summed E-state index contributed by atoms with van der Waals surface area (Å²) in [5, 5.41) is 0. The molecule has 0 radical (unpaired) electrons. The number of carbonyl (C=O) groups excluding carboxylic acids is 3. The average molecular weight is 344 g/mol. The zero-order valence-electron chi connectivity index (χ0n) is 14.6. The maximum atomic E-state index is 11.7. The first kappa shape index (κ1) is 21.7. The first-order valence-electron chi connectivity index (χ1n) is 7.84. The van der Waals surface area contributed by atoms with E-state index in [1.807, 2.05) is 25.6 Å². The van der Waals surface area contributed by atoms with Gasteiger partial charge in [0, 0.05) is 13.5 Å². The molecule has 0 aromatic heterocycles. The molecule has 0 saturated carbocycles. The van der Waals surface area contributed by atoms with Crippen molar-refractivity contribution in [2.24, 2.45) is 0 Å². The van der Waals surface area contributed by atoms with E-state index in [4.69, 9.17) is 9.16 Å². The molecule has 0 aromatic carbocycles. The highest BCUT2D eigenvalue weighted by atomic mass is 28.4. The maximum Gasteiger partial charge on any atom is 0.312 e. The first-order chi connectivity index (χ1) is 10.8. The summed E-state index contributed by atoms with van der Waals surface area (Å²) >= 11 is 0. The third-order valence-electron chi connectivity index (χ3n) is 2.98. The molecule has 6 nitrogen and oxygen atoms in total. The number of unbranched alkanes of at least 4 members (excludes halogenated alkanes) is 3. The Balaban J connectivity index is 4.69. The molecule has 0 aliphatic heterocycles. The van der Waals surface area contributed by atoms with E-state index in [2.05, 4.69) is 4.74 Å². The smallest absolute Gasteiger partial charge is 0.312 e. The van der Waals surface area contributed by atoms with E-state index in [9.17, 15) is 14.4 Å². The highest BCUT2D eigenvalue weighted by molar-refractivity contribution is 6.69. The molecule has 23 heavy (non-hydrogen) atoms. The molecule has 132 valence electrons. The predicted molar refractivity (Wildman–Crippen MR) is 89.2 cm³/mol. The fourth-order valence-electron chi connectivity index (χ4n) is 2.01. The number of carbonyl (C=O) groups is 2. The minimum Gasteiger partial charge on any atom is -0.438 e. The van der Waals surface area contributed by atoms with Gasteiger partial charge >= 0.3 is 5.97 Å². The van der Waals surface area contributed by atoms with Crippen LogP contribution in [0.4, 0.5) is 0 Å². The lowest BCUT2D eigenvalue weighted by Gasteiger charge is -2.26. The van der Waals surface area contributed by atoms with Crippen LogP contribution < -0.4 is 0 Å². The van der Waals surface area contributed by atoms with Gasteiger partial charge in [-0.15, -0.1) is 0 Å². The maximum absolute atomic E-state index is 11.7. The van der Waals surface area contributed by atoms with Gasteiger partial charge in [-0.25, -0.2) is 4.79 Å². The van der Waals surface area contributed by atoms with Crippen LogP contribution in [-0.4, -0.2) is 46.5 Å². The molecule has 1 atom stereocenters. The number of hydrogen-bond donors (Lipinski definition) is 0. The summed E-state index contributed by atoms with van der Waals surface area (Å²) in [7, 11) is -0.467. The molecule has 0 aromatic rings. The van der Waals surface area contributed by atoms with Gasteiger partial charge in [-0.1, -0.05) is 12.8 Å². The molecule has 0 saturated heterocycles. The second-order valence-corrected chi connectivity index (χ2v) is 10.7. The van der Waals surface area contributed by atoms with Crippen molar-refractivity contribution in [2.75, 3.05) is 13.9 Å². The SMILES string of the molecule is COCOC(=O)CC(=C=O)C(CCCCCC=O)O[Si](C)(C)C. The Hall–Kier alpha value is -1.27. The van der Waals surface area contributed by atoms with E-state index in [0.29, 0.717) is 12.8 Å². The molecule has 0 rings (SSSR count). The largest absolute Gasteiger partial charge is 0.438 e. The van der Waals surface area contributed by atoms with Gasteiger partial charge in [0.25, 0.3) is 0 Å². The van der Waals surface area contributed by atoms with E-state index in [1.165, 1.54) is 7.11 Å². The molecule has 1 unspecified atom stereocenters. The highest BCUT2D eigenvalue weighted by Gasteiger charge is 2.26. The monoisotopic (exact) mass is 344 g/mol. The summed E-state index contributed by atoms with van der Waals surface area (Å²) in [5.41, 5.74) is 0.281. The molecular formula is C16H28O6Si. The Bertz CT molecular complexity index is 409. The van der Waals surface area contributed by atoms with Gasteiger partial charge in [0.05, 0.1) is 18.1 Å². The van der Waals surface area contributed by atoms with Crippen molar-refractivity contribution in [1.29, 1.82) is 0 Å². The van der Waals surface area contributed by atoms with E-state index < -0.39 is 20.4 Å². The molecule has 0 N–H and O–H groups in total. The van der Waals surface area contributed by atoms with Gasteiger partial charge in [0.1, 0.15) is 12.2 Å². The molecule has 7 heteroatoms. The standard InChI is InChI=1S/C16H28O6Si/c1-20-13-21-16(19)11-14(12-18)15(22-23(2,3)4)9-7-5-6-8-10-17/h10,15H,5-9,11,13H2,1-4H3. The molecule has 0 aliphatic rings. The predicted octanol–water partition coefficient (Wildman–Crippen LogP) is 2.65. The summed E-state index contributed by atoms with van der Waals surface area (Å²) in [5.74, 6) is 1.32. The lowest BCUT2D eigenvalue weighted by atomic mass is 10.0. The van der Waals surface area contributed by atoms with Gasteiger partial charge in [-0.2, -0.15) is 0 Å². The van der Waals surface area contributed by atoms with Gasteiger partial charge in [0.2, 0.25) is 0 Å². The molecular weight excluding hydrogens is 316 g/mol. The topological polar surface area (TPSA) is 78.9 Å². The number of aldehydes is 1. The zero-order chi connectivity index (χ0) is 17.7. The molecule has 0 heterocycles. The zero-order valence-corrected chi connectivity index (χ0v) is 15.6. The van der Waals surface area contributed by atoms with Crippen LogP contribution in [0.2, 0.25) is 19.6 Å². The Morgan fingerprint density at radius 2 is 1.91 bits per heavy atom. The number of ether oxygens (including phenoxy) is 2. The van der Waals surface area contributed by atoms with Crippen molar-refractivity contribution in [2.45, 2.75) is 64.3 Å². The normalized spacial score (nSPS) is 12.3. The summed E-state index contributed by atoms with van der Waals surface area (Å²) in [4.78, 5) is 33.3. The van der Waals surface area contributed by atoms with Gasteiger partial charge in [-0.05, 0) is 32.5 Å². The quantitative estimate of drug-likeness (QED) is 0.128. The third-order valence-corrected chi connectivity index (χ3v) is 3.97. The van der Waals surface area contributed by atoms with E-state index >= 15 is 0 Å². The van der Waals surface area contributed by atoms with Crippen LogP contribution in [0.15, 0.2) is 5.57 Å². The average Bonchev–Trinajstić information content (AvgIpc) is 2.48.